The van der Waals surface area contributed by atoms with Crippen LogP contribution < -0.4 is 0 Å². The molecule has 0 radical (unpaired) electrons. The molecule has 0 unspecified atom stereocenters. The zero-order valence-electron chi connectivity index (χ0n) is 31.8. The molecule has 16 N–H and O–H groups in total. The molecule has 5 heterocycles. The topological polar surface area (TPSA) is 416 Å². The normalized spacial score (nSPS) is 49.1. The molecule has 24 atom stereocenters. The maximum absolute atomic E-state index is 11.1. The first-order valence-corrected chi connectivity index (χ1v) is 18.9. The van der Waals surface area contributed by atoms with Gasteiger partial charge in [-0.3, -0.25) is 0 Å². The van der Waals surface area contributed by atoms with Gasteiger partial charge in [-0.25, -0.2) is 0 Å². The Labute approximate surface area is 335 Å². The standard InChI is InChI=1S/C33H58O26/c1-33(2)58-27(9(36)5-50-29-25(48)21(44)17(40)13(56-29)7-52-31-23(46)19(42)15(38)11(3-34)54-31)28(59-33)10(37)6-51-30-26(49)22(45)18(41)14(57-30)8-53-32-24(47)20(43)16(39)12(4-35)55-32/h9-32,34-49H,3-8H2,1-2H3/t9-,10-,11-,12-,13-,14-,15-,16-,17-,18-,19+,20+,21+,22+,23-,24-,25-,26-,27-,28-,29-,30-,31-,32-/m1/s1. The highest BCUT2D eigenvalue weighted by Gasteiger charge is 2.52. The van der Waals surface area contributed by atoms with Crippen molar-refractivity contribution in [1.29, 1.82) is 0 Å². The zero-order valence-corrected chi connectivity index (χ0v) is 31.8. The second-order valence-electron chi connectivity index (χ2n) is 15.5. The Morgan fingerprint density at radius 1 is 0.407 bits per heavy atom. The van der Waals surface area contributed by atoms with Crippen LogP contribution in [0, 0.1) is 0 Å². The Morgan fingerprint density at radius 2 is 0.678 bits per heavy atom. The predicted molar refractivity (Wildman–Crippen MR) is 181 cm³/mol. The molecule has 0 aromatic heterocycles. The third-order valence-corrected chi connectivity index (χ3v) is 10.7. The summed E-state index contributed by atoms with van der Waals surface area (Å²) in [4.78, 5) is 0. The fourth-order valence-electron chi connectivity index (χ4n) is 7.16. The van der Waals surface area contributed by atoms with Crippen molar-refractivity contribution < 1.29 is 129 Å². The molecule has 59 heavy (non-hydrogen) atoms. The van der Waals surface area contributed by atoms with Crippen LogP contribution in [-0.2, 0) is 47.4 Å². The zero-order chi connectivity index (χ0) is 43.7. The van der Waals surface area contributed by atoms with Gasteiger partial charge in [0.15, 0.2) is 30.9 Å². The van der Waals surface area contributed by atoms with Gasteiger partial charge in [-0.15, -0.1) is 0 Å². The van der Waals surface area contributed by atoms with Gasteiger partial charge in [0.1, 0.15) is 122 Å². The molecule has 5 aliphatic rings. The maximum atomic E-state index is 11.1. The fourth-order valence-corrected chi connectivity index (χ4v) is 7.16. The number of hydrogen-bond acceptors (Lipinski definition) is 26. The van der Waals surface area contributed by atoms with Crippen molar-refractivity contribution in [3.05, 3.63) is 0 Å². The van der Waals surface area contributed by atoms with Gasteiger partial charge >= 0.3 is 0 Å². The van der Waals surface area contributed by atoms with Crippen molar-refractivity contribution in [3.8, 4) is 0 Å². The van der Waals surface area contributed by atoms with Crippen molar-refractivity contribution in [2.24, 2.45) is 0 Å². The van der Waals surface area contributed by atoms with Crippen LogP contribution in [0.4, 0.5) is 0 Å². The van der Waals surface area contributed by atoms with E-state index in [-0.39, 0.29) is 0 Å². The molecule has 5 rings (SSSR count). The molecule has 0 aromatic rings. The lowest BCUT2D eigenvalue weighted by Gasteiger charge is -2.43. The molecule has 26 nitrogen and oxygen atoms in total. The molecule has 5 saturated heterocycles. The number of ether oxygens (including phenoxy) is 10. The molecule has 0 spiro atoms. The van der Waals surface area contributed by atoms with Gasteiger partial charge in [0.2, 0.25) is 0 Å². The van der Waals surface area contributed by atoms with Crippen molar-refractivity contribution in [2.75, 3.05) is 39.6 Å². The molecule has 0 aromatic carbocycles. The summed E-state index contributed by atoms with van der Waals surface area (Å²) >= 11 is 0. The van der Waals surface area contributed by atoms with Crippen LogP contribution in [0.3, 0.4) is 0 Å². The highest BCUT2D eigenvalue weighted by molar-refractivity contribution is 4.95. The lowest BCUT2D eigenvalue weighted by molar-refractivity contribution is -0.333. The van der Waals surface area contributed by atoms with E-state index in [1.165, 1.54) is 13.8 Å². The van der Waals surface area contributed by atoms with Crippen molar-refractivity contribution in [2.45, 2.75) is 167 Å². The van der Waals surface area contributed by atoms with Crippen LogP contribution >= 0.6 is 0 Å². The highest BCUT2D eigenvalue weighted by Crippen LogP contribution is 2.34. The van der Waals surface area contributed by atoms with Gasteiger partial charge in [0, 0.05) is 0 Å². The van der Waals surface area contributed by atoms with E-state index < -0.39 is 193 Å². The minimum atomic E-state index is -1.89. The summed E-state index contributed by atoms with van der Waals surface area (Å²) in [5.74, 6) is -1.42. The molecular weight excluding hydrogens is 812 g/mol. The minimum Gasteiger partial charge on any atom is -0.394 e. The Balaban J connectivity index is 1.14. The van der Waals surface area contributed by atoms with E-state index in [1.807, 2.05) is 0 Å². The Bertz CT molecular complexity index is 1190. The second kappa shape index (κ2) is 20.6. The first kappa shape index (κ1) is 49.0. The number of aliphatic hydroxyl groups excluding tert-OH is 16. The summed E-state index contributed by atoms with van der Waals surface area (Å²) < 4.78 is 55.0. The van der Waals surface area contributed by atoms with Crippen LogP contribution in [-0.4, -0.2) is 274 Å². The molecular formula is C33H58O26. The molecule has 5 aliphatic heterocycles. The summed E-state index contributed by atoms with van der Waals surface area (Å²) in [6.45, 7) is -1.25. The number of rotatable bonds is 16. The van der Waals surface area contributed by atoms with Crippen LogP contribution in [0.25, 0.3) is 0 Å². The minimum absolute atomic E-state index is 0.639. The van der Waals surface area contributed by atoms with Gasteiger partial charge in [-0.05, 0) is 13.8 Å². The van der Waals surface area contributed by atoms with E-state index in [9.17, 15) is 81.7 Å². The SMILES string of the molecule is CC1(C)O[C@H]([C@H](O)CO[C@@H]2O[C@H](CO[C@@H]3O[C@H](CO)[C@@H](O)[C@H](O)[C@H]3O)[C@@H](O)[C@H](O)[C@H]2O)[C@@H]([C@H](O)CO[C@@H]2O[C@H](CO[C@@H]3O[C@H](CO)[C@@H](O)[C@H](O)[C@H]3O)[C@@H](O)[C@H](O)[C@H]2O)O1. The van der Waals surface area contributed by atoms with Gasteiger partial charge in [0.25, 0.3) is 0 Å². The van der Waals surface area contributed by atoms with Gasteiger partial charge in [-0.1, -0.05) is 0 Å². The summed E-state index contributed by atoms with van der Waals surface area (Å²) in [5.41, 5.74) is 0. The Kier molecular flexibility index (Phi) is 17.1. The smallest absolute Gasteiger partial charge is 0.186 e. The van der Waals surface area contributed by atoms with Crippen LogP contribution in [0.5, 0.6) is 0 Å². The highest BCUT2D eigenvalue weighted by atomic mass is 16.8. The summed E-state index contributed by atoms with van der Waals surface area (Å²) in [5, 5.41) is 165. The summed E-state index contributed by atoms with van der Waals surface area (Å²) in [6, 6.07) is 0. The largest absolute Gasteiger partial charge is 0.394 e. The maximum Gasteiger partial charge on any atom is 0.186 e. The average Bonchev–Trinajstić information content (AvgIpc) is 3.55. The Morgan fingerprint density at radius 3 is 0.983 bits per heavy atom. The first-order valence-electron chi connectivity index (χ1n) is 18.9. The second-order valence-corrected chi connectivity index (χ2v) is 15.5. The predicted octanol–water partition coefficient (Wildman–Crippen LogP) is -10.5. The van der Waals surface area contributed by atoms with Crippen molar-refractivity contribution in [1.82, 2.24) is 0 Å². The van der Waals surface area contributed by atoms with Gasteiger partial charge in [-0.2, -0.15) is 0 Å². The molecule has 0 saturated carbocycles. The van der Waals surface area contributed by atoms with Gasteiger partial charge < -0.3 is 129 Å². The third kappa shape index (κ3) is 11.0. The van der Waals surface area contributed by atoms with Crippen molar-refractivity contribution in [3.63, 3.8) is 0 Å². The molecule has 0 aliphatic carbocycles. The molecule has 0 amide bonds. The quantitative estimate of drug-likeness (QED) is 0.0685. The fraction of sp³-hybridized carbons (Fsp3) is 1.00. The van der Waals surface area contributed by atoms with Crippen LogP contribution in [0.1, 0.15) is 13.8 Å². The number of hydrogen-bond donors (Lipinski definition) is 16. The van der Waals surface area contributed by atoms with E-state index in [0.717, 1.165) is 0 Å². The lowest BCUT2D eigenvalue weighted by Crippen LogP contribution is -2.62. The Hall–Kier alpha value is -1.04. The molecule has 346 valence electrons. The van der Waals surface area contributed by atoms with E-state index in [0.29, 0.717) is 0 Å². The van der Waals surface area contributed by atoms with Crippen LogP contribution in [0.15, 0.2) is 0 Å². The van der Waals surface area contributed by atoms with E-state index >= 15 is 0 Å². The first-order chi connectivity index (χ1) is 27.7. The van der Waals surface area contributed by atoms with Crippen LogP contribution in [0.2, 0.25) is 0 Å². The monoisotopic (exact) mass is 870 g/mol. The van der Waals surface area contributed by atoms with E-state index in [1.54, 1.807) is 0 Å². The average molecular weight is 871 g/mol. The summed E-state index contributed by atoms with van der Waals surface area (Å²) in [6.07, 6.45) is -39.8. The molecule has 26 heteroatoms. The lowest BCUT2D eigenvalue weighted by atomic mass is 9.98. The van der Waals surface area contributed by atoms with E-state index in [4.69, 9.17) is 47.4 Å². The number of aliphatic hydroxyl groups is 16. The molecule has 0 bridgehead atoms. The van der Waals surface area contributed by atoms with Crippen molar-refractivity contribution >= 4 is 0 Å². The molecule has 5 fully saturated rings. The summed E-state index contributed by atoms with van der Waals surface area (Å²) in [7, 11) is 0. The third-order valence-electron chi connectivity index (χ3n) is 10.7. The van der Waals surface area contributed by atoms with Gasteiger partial charge in [0.05, 0.1) is 39.6 Å². The van der Waals surface area contributed by atoms with E-state index in [2.05, 4.69) is 0 Å².